The summed E-state index contributed by atoms with van der Waals surface area (Å²) in [4.78, 5) is 19.1. The van der Waals surface area contributed by atoms with Gasteiger partial charge in [-0.15, -0.1) is 22.7 Å². The third-order valence-corrected chi connectivity index (χ3v) is 8.28. The van der Waals surface area contributed by atoms with E-state index in [-0.39, 0.29) is 15.6 Å². The van der Waals surface area contributed by atoms with Crippen molar-refractivity contribution in [1.29, 1.82) is 0 Å². The minimum atomic E-state index is -3.92. The first-order valence-corrected chi connectivity index (χ1v) is 12.3. The summed E-state index contributed by atoms with van der Waals surface area (Å²) in [5.74, 6) is -0.601. The number of nitrogens with one attached hydrogen (secondary N) is 1. The van der Waals surface area contributed by atoms with Crippen molar-refractivity contribution in [2.45, 2.75) is 4.90 Å². The Morgan fingerprint density at radius 2 is 1.76 bits per heavy atom. The fraction of sp³-hybridized carbons (Fsp3) is 0.0526. The van der Waals surface area contributed by atoms with Gasteiger partial charge in [-0.3, -0.25) is 4.72 Å². The Kier molecular flexibility index (Phi) is 5.50. The molecule has 0 aliphatic rings. The van der Waals surface area contributed by atoms with Gasteiger partial charge in [-0.1, -0.05) is 29.5 Å². The van der Waals surface area contributed by atoms with Crippen molar-refractivity contribution in [3.63, 3.8) is 0 Å². The van der Waals surface area contributed by atoms with Gasteiger partial charge in [0.2, 0.25) is 0 Å². The molecule has 6 nitrogen and oxygen atoms in total. The first-order chi connectivity index (χ1) is 14.0. The molecule has 148 valence electrons. The molecule has 4 aromatic rings. The van der Waals surface area contributed by atoms with Crippen LogP contribution in [0.2, 0.25) is 0 Å². The van der Waals surface area contributed by atoms with Gasteiger partial charge in [0.25, 0.3) is 10.0 Å². The number of ether oxygens (including phenoxy) is 1. The lowest BCUT2D eigenvalue weighted by Gasteiger charge is -2.06. The van der Waals surface area contributed by atoms with E-state index in [0.29, 0.717) is 0 Å². The maximum Gasteiger partial charge on any atom is 0.337 e. The van der Waals surface area contributed by atoms with E-state index in [1.807, 2.05) is 35.0 Å². The van der Waals surface area contributed by atoms with Gasteiger partial charge >= 0.3 is 5.97 Å². The zero-order valence-corrected chi connectivity index (χ0v) is 18.3. The van der Waals surface area contributed by atoms with E-state index in [9.17, 15) is 13.2 Å². The van der Waals surface area contributed by atoms with Gasteiger partial charge in [0.1, 0.15) is 5.69 Å². The van der Waals surface area contributed by atoms with Gasteiger partial charge in [-0.2, -0.15) is 0 Å². The van der Waals surface area contributed by atoms with Crippen LogP contribution >= 0.6 is 34.0 Å². The van der Waals surface area contributed by atoms with E-state index in [1.165, 1.54) is 42.7 Å². The van der Waals surface area contributed by atoms with E-state index in [0.717, 1.165) is 20.3 Å². The summed E-state index contributed by atoms with van der Waals surface area (Å²) >= 11 is 4.39. The van der Waals surface area contributed by atoms with E-state index >= 15 is 0 Å². The number of esters is 1. The minimum Gasteiger partial charge on any atom is -0.465 e. The van der Waals surface area contributed by atoms with Crippen molar-refractivity contribution in [3.05, 3.63) is 64.9 Å². The topological polar surface area (TPSA) is 85.4 Å². The highest BCUT2D eigenvalue weighted by Gasteiger charge is 2.22. The Morgan fingerprint density at radius 1 is 1.03 bits per heavy atom. The standard InChI is InChI=1S/C19H14N2O4S4/c1-25-18(22)12-5-2-6-13(11-12)29(23,24)21-19-20-16(14-7-3-9-26-14)17(28-19)15-8-4-10-27-15/h2-11H,1H3,(H,20,21). The first-order valence-electron chi connectivity index (χ1n) is 8.28. The van der Waals surface area contributed by atoms with Crippen LogP contribution < -0.4 is 4.72 Å². The van der Waals surface area contributed by atoms with Gasteiger partial charge in [-0.05, 0) is 41.1 Å². The van der Waals surface area contributed by atoms with E-state index in [4.69, 9.17) is 0 Å². The highest BCUT2D eigenvalue weighted by Crippen LogP contribution is 2.42. The lowest BCUT2D eigenvalue weighted by atomic mass is 10.2. The van der Waals surface area contributed by atoms with E-state index in [1.54, 1.807) is 22.7 Å². The minimum absolute atomic E-state index is 0.0362. The molecule has 0 spiro atoms. The Bertz CT molecular complexity index is 1190. The number of hydrogen-bond acceptors (Lipinski definition) is 8. The number of thiophene rings is 2. The molecule has 0 saturated heterocycles. The number of anilines is 1. The number of benzene rings is 1. The maximum atomic E-state index is 12.9. The molecule has 3 aromatic heterocycles. The Hall–Kier alpha value is -2.53. The molecular weight excluding hydrogens is 448 g/mol. The second-order valence-corrected chi connectivity index (χ2v) is 10.4. The summed E-state index contributed by atoms with van der Waals surface area (Å²) in [6.07, 6.45) is 0. The molecule has 1 N–H and O–H groups in total. The summed E-state index contributed by atoms with van der Waals surface area (Å²) in [5, 5.41) is 4.19. The van der Waals surface area contributed by atoms with Crippen LogP contribution in [0.5, 0.6) is 0 Å². The third kappa shape index (κ3) is 4.10. The third-order valence-electron chi connectivity index (χ3n) is 3.91. The van der Waals surface area contributed by atoms with Gasteiger partial charge in [0, 0.05) is 4.88 Å². The summed E-state index contributed by atoms with van der Waals surface area (Å²) in [6.45, 7) is 0. The predicted octanol–water partition coefficient (Wildman–Crippen LogP) is 5.19. The van der Waals surface area contributed by atoms with Crippen LogP contribution in [-0.2, 0) is 14.8 Å². The molecule has 3 heterocycles. The molecule has 0 amide bonds. The zero-order valence-electron chi connectivity index (χ0n) is 15.0. The number of rotatable bonds is 6. The summed E-state index contributed by atoms with van der Waals surface area (Å²) < 4.78 is 32.9. The molecule has 0 bridgehead atoms. The SMILES string of the molecule is COC(=O)c1cccc(S(=O)(=O)Nc2nc(-c3cccs3)c(-c3cccs3)s2)c1. The van der Waals surface area contributed by atoms with Crippen molar-refractivity contribution in [1.82, 2.24) is 4.98 Å². The normalized spacial score (nSPS) is 11.3. The van der Waals surface area contributed by atoms with Crippen molar-refractivity contribution in [2.24, 2.45) is 0 Å². The molecule has 0 aliphatic heterocycles. The van der Waals surface area contributed by atoms with Crippen LogP contribution in [0.3, 0.4) is 0 Å². The van der Waals surface area contributed by atoms with Gasteiger partial charge in [-0.25, -0.2) is 18.2 Å². The van der Waals surface area contributed by atoms with Crippen LogP contribution in [0.15, 0.2) is 64.2 Å². The quantitative estimate of drug-likeness (QED) is 0.399. The molecule has 29 heavy (non-hydrogen) atoms. The predicted molar refractivity (Wildman–Crippen MR) is 117 cm³/mol. The number of carbonyl (C=O) groups excluding carboxylic acids is 1. The van der Waals surface area contributed by atoms with Crippen molar-refractivity contribution >= 4 is 55.1 Å². The lowest BCUT2D eigenvalue weighted by molar-refractivity contribution is 0.0600. The van der Waals surface area contributed by atoms with Gasteiger partial charge in [0.05, 0.1) is 27.3 Å². The molecule has 0 aliphatic carbocycles. The van der Waals surface area contributed by atoms with Crippen LogP contribution in [0.25, 0.3) is 20.3 Å². The molecule has 0 radical (unpaired) electrons. The number of carbonyl (C=O) groups is 1. The first kappa shape index (κ1) is 19.8. The fourth-order valence-corrected chi connectivity index (χ4v) is 6.50. The largest absolute Gasteiger partial charge is 0.465 e. The zero-order chi connectivity index (χ0) is 20.4. The van der Waals surface area contributed by atoms with Crippen molar-refractivity contribution in [2.75, 3.05) is 11.8 Å². The molecule has 4 rings (SSSR count). The molecule has 0 fully saturated rings. The lowest BCUT2D eigenvalue weighted by Crippen LogP contribution is -2.13. The number of sulfonamides is 1. The Balaban J connectivity index is 1.71. The monoisotopic (exact) mass is 462 g/mol. The molecular formula is C19H14N2O4S4. The van der Waals surface area contributed by atoms with Crippen molar-refractivity contribution < 1.29 is 17.9 Å². The summed E-state index contributed by atoms with van der Waals surface area (Å²) in [5.41, 5.74) is 0.904. The average molecular weight is 463 g/mol. The van der Waals surface area contributed by atoms with E-state index < -0.39 is 16.0 Å². The number of hydrogen-bond donors (Lipinski definition) is 1. The molecule has 0 unspecified atom stereocenters. The van der Waals surface area contributed by atoms with Crippen LogP contribution in [0.1, 0.15) is 10.4 Å². The highest BCUT2D eigenvalue weighted by molar-refractivity contribution is 7.93. The Morgan fingerprint density at radius 3 is 2.41 bits per heavy atom. The van der Waals surface area contributed by atoms with Crippen LogP contribution in [0.4, 0.5) is 5.13 Å². The second kappa shape index (κ2) is 8.07. The number of thiazole rings is 1. The molecule has 0 saturated carbocycles. The highest BCUT2D eigenvalue weighted by atomic mass is 32.2. The van der Waals surface area contributed by atoms with E-state index in [2.05, 4.69) is 14.4 Å². The maximum absolute atomic E-state index is 12.9. The average Bonchev–Trinajstić information content (AvgIpc) is 3.47. The molecule has 10 heteroatoms. The number of aromatic nitrogens is 1. The summed E-state index contributed by atoms with van der Waals surface area (Å²) in [6, 6.07) is 13.5. The smallest absolute Gasteiger partial charge is 0.337 e. The molecule has 1 aromatic carbocycles. The fourth-order valence-electron chi connectivity index (χ4n) is 2.60. The van der Waals surface area contributed by atoms with Gasteiger partial charge in [0.15, 0.2) is 5.13 Å². The number of methoxy groups -OCH3 is 1. The molecule has 0 atom stereocenters. The summed E-state index contributed by atoms with van der Waals surface area (Å²) in [7, 11) is -2.68. The Labute approximate surface area is 179 Å². The van der Waals surface area contributed by atoms with Crippen LogP contribution in [-0.4, -0.2) is 26.5 Å². The van der Waals surface area contributed by atoms with Gasteiger partial charge < -0.3 is 4.74 Å². The van der Waals surface area contributed by atoms with Crippen LogP contribution in [0, 0.1) is 0 Å². The second-order valence-electron chi connectivity index (χ2n) is 5.78. The van der Waals surface area contributed by atoms with Crippen molar-refractivity contribution in [3.8, 4) is 20.3 Å². The number of nitrogens with zero attached hydrogens (tertiary/aromatic N) is 1.